The molecule has 1 fully saturated rings. The third kappa shape index (κ3) is 5.25. The molecule has 1 N–H and O–H groups in total. The van der Waals surface area contributed by atoms with Crippen LogP contribution in [0.3, 0.4) is 0 Å². The van der Waals surface area contributed by atoms with Crippen molar-refractivity contribution in [2.75, 3.05) is 19.6 Å². The van der Waals surface area contributed by atoms with Gasteiger partial charge in [-0.2, -0.15) is 5.26 Å². The number of rotatable bonds is 5. The molecule has 1 saturated heterocycles. The Kier molecular flexibility index (Phi) is 6.50. The Hall–Kier alpha value is -2.28. The highest BCUT2D eigenvalue weighted by molar-refractivity contribution is 5.97. The summed E-state index contributed by atoms with van der Waals surface area (Å²) in [5.41, 5.74) is 1.38. The van der Waals surface area contributed by atoms with Crippen LogP contribution >= 0.6 is 0 Å². The van der Waals surface area contributed by atoms with Gasteiger partial charge in [0.2, 0.25) is 0 Å². The van der Waals surface area contributed by atoms with E-state index in [-0.39, 0.29) is 11.5 Å². The second kappa shape index (κ2) is 8.89. The predicted octanol–water partition coefficient (Wildman–Crippen LogP) is 2.63. The van der Waals surface area contributed by atoms with Crippen LogP contribution in [-0.2, 0) is 11.2 Å². The number of benzene rings is 1. The molecule has 0 bridgehead atoms. The van der Waals surface area contributed by atoms with Crippen LogP contribution < -0.4 is 5.32 Å². The van der Waals surface area contributed by atoms with Gasteiger partial charge in [-0.05, 0) is 24.8 Å². The van der Waals surface area contributed by atoms with Crippen molar-refractivity contribution in [1.29, 1.82) is 5.26 Å². The largest absolute Gasteiger partial charge is 0.376 e. The second-order valence-corrected chi connectivity index (χ2v) is 5.60. The summed E-state index contributed by atoms with van der Waals surface area (Å²) in [4.78, 5) is 14.2. The maximum atomic E-state index is 12.1. The molecule has 0 spiro atoms. The molecule has 0 unspecified atom stereocenters. The lowest BCUT2D eigenvalue weighted by atomic mass is 10.1. The van der Waals surface area contributed by atoms with Crippen molar-refractivity contribution in [3.63, 3.8) is 0 Å². The average Bonchev–Trinajstić information content (AvgIpc) is 2.82. The molecule has 0 atom stereocenters. The fourth-order valence-electron chi connectivity index (χ4n) is 2.61. The maximum absolute atomic E-state index is 12.1. The fraction of sp³-hybridized carbons (Fsp3) is 0.444. The molecule has 4 heteroatoms. The standard InChI is InChI=1S/C18H23N3O/c19-14-17(15-21-12-6-1-2-7-13-21)18(22)20-11-10-16-8-4-3-5-9-16/h3-5,8-9,15H,1-2,6-7,10-13H2,(H,20,22)/b17-15-. The summed E-state index contributed by atoms with van der Waals surface area (Å²) in [5, 5.41) is 12.0. The Labute approximate surface area is 132 Å². The molecule has 2 rings (SSSR count). The lowest BCUT2D eigenvalue weighted by Crippen LogP contribution is -2.28. The molecule has 1 aromatic rings. The lowest BCUT2D eigenvalue weighted by Gasteiger charge is -2.17. The molecular formula is C18H23N3O. The Balaban J connectivity index is 1.84. The van der Waals surface area contributed by atoms with Gasteiger partial charge in [0.15, 0.2) is 0 Å². The van der Waals surface area contributed by atoms with E-state index in [0.29, 0.717) is 6.54 Å². The number of nitriles is 1. The third-order valence-electron chi connectivity index (χ3n) is 3.86. The van der Waals surface area contributed by atoms with E-state index in [9.17, 15) is 10.1 Å². The summed E-state index contributed by atoms with van der Waals surface area (Å²) < 4.78 is 0. The minimum Gasteiger partial charge on any atom is -0.376 e. The molecule has 1 aliphatic rings. The van der Waals surface area contributed by atoms with Crippen molar-refractivity contribution >= 4 is 5.91 Å². The van der Waals surface area contributed by atoms with E-state index in [1.54, 1.807) is 6.20 Å². The Bertz CT molecular complexity index is 537. The lowest BCUT2D eigenvalue weighted by molar-refractivity contribution is -0.117. The Morgan fingerprint density at radius 2 is 1.86 bits per heavy atom. The SMILES string of the molecule is N#C/C(=C/N1CCCCCC1)C(=O)NCCc1ccccc1. The van der Waals surface area contributed by atoms with Gasteiger partial charge in [-0.1, -0.05) is 43.2 Å². The molecule has 1 aromatic carbocycles. The molecule has 22 heavy (non-hydrogen) atoms. The summed E-state index contributed by atoms with van der Waals surface area (Å²) in [6, 6.07) is 12.0. The monoisotopic (exact) mass is 297 g/mol. The molecule has 1 amide bonds. The van der Waals surface area contributed by atoms with Crippen molar-refractivity contribution in [3.8, 4) is 6.07 Å². The highest BCUT2D eigenvalue weighted by Crippen LogP contribution is 2.11. The van der Waals surface area contributed by atoms with E-state index in [2.05, 4.69) is 10.2 Å². The van der Waals surface area contributed by atoms with Crippen LogP contribution in [0.1, 0.15) is 31.2 Å². The quantitative estimate of drug-likeness (QED) is 0.671. The van der Waals surface area contributed by atoms with Gasteiger partial charge in [-0.15, -0.1) is 0 Å². The van der Waals surface area contributed by atoms with Crippen molar-refractivity contribution in [2.24, 2.45) is 0 Å². The van der Waals surface area contributed by atoms with Gasteiger partial charge in [0.1, 0.15) is 11.6 Å². The number of carbonyl (C=O) groups excluding carboxylic acids is 1. The molecule has 116 valence electrons. The summed E-state index contributed by atoms with van der Waals surface area (Å²) in [5.74, 6) is -0.275. The number of likely N-dealkylation sites (tertiary alicyclic amines) is 1. The molecule has 0 aromatic heterocycles. The highest BCUT2D eigenvalue weighted by Gasteiger charge is 2.12. The van der Waals surface area contributed by atoms with E-state index in [1.807, 2.05) is 36.4 Å². The van der Waals surface area contributed by atoms with Gasteiger partial charge in [0, 0.05) is 25.8 Å². The van der Waals surface area contributed by atoms with Crippen molar-refractivity contribution in [3.05, 3.63) is 47.7 Å². The zero-order chi connectivity index (χ0) is 15.6. The first-order chi connectivity index (χ1) is 10.8. The summed E-state index contributed by atoms with van der Waals surface area (Å²) in [6.45, 7) is 2.41. The molecule has 0 aliphatic carbocycles. The predicted molar refractivity (Wildman–Crippen MR) is 86.9 cm³/mol. The minimum absolute atomic E-state index is 0.204. The van der Waals surface area contributed by atoms with E-state index in [4.69, 9.17) is 0 Å². The minimum atomic E-state index is -0.275. The van der Waals surface area contributed by atoms with Crippen LogP contribution in [0.15, 0.2) is 42.1 Å². The number of amides is 1. The zero-order valence-electron chi connectivity index (χ0n) is 12.9. The number of carbonyl (C=O) groups is 1. The molecule has 1 heterocycles. The highest BCUT2D eigenvalue weighted by atomic mass is 16.1. The van der Waals surface area contributed by atoms with E-state index in [1.165, 1.54) is 18.4 Å². The van der Waals surface area contributed by atoms with Crippen LogP contribution in [0.5, 0.6) is 0 Å². The second-order valence-electron chi connectivity index (χ2n) is 5.60. The maximum Gasteiger partial charge on any atom is 0.263 e. The van der Waals surface area contributed by atoms with E-state index >= 15 is 0 Å². The first-order valence-corrected chi connectivity index (χ1v) is 7.97. The van der Waals surface area contributed by atoms with Gasteiger partial charge in [-0.3, -0.25) is 4.79 Å². The normalized spacial score (nSPS) is 15.8. The fourth-order valence-corrected chi connectivity index (χ4v) is 2.61. The molecule has 0 saturated carbocycles. The molecule has 1 aliphatic heterocycles. The molecular weight excluding hydrogens is 274 g/mol. The topological polar surface area (TPSA) is 56.1 Å². The summed E-state index contributed by atoms with van der Waals surface area (Å²) in [7, 11) is 0. The van der Waals surface area contributed by atoms with E-state index in [0.717, 1.165) is 32.4 Å². The Morgan fingerprint density at radius 3 is 2.50 bits per heavy atom. The number of nitrogens with zero attached hydrogens (tertiary/aromatic N) is 2. The van der Waals surface area contributed by atoms with Crippen LogP contribution in [0, 0.1) is 11.3 Å². The average molecular weight is 297 g/mol. The first kappa shape index (κ1) is 16.1. The van der Waals surface area contributed by atoms with Gasteiger partial charge in [0.25, 0.3) is 5.91 Å². The first-order valence-electron chi connectivity index (χ1n) is 7.97. The zero-order valence-corrected chi connectivity index (χ0v) is 12.9. The van der Waals surface area contributed by atoms with Crippen molar-refractivity contribution < 1.29 is 4.79 Å². The van der Waals surface area contributed by atoms with Gasteiger partial charge >= 0.3 is 0 Å². The van der Waals surface area contributed by atoms with Crippen LogP contribution in [0.4, 0.5) is 0 Å². The number of hydrogen-bond donors (Lipinski definition) is 1. The van der Waals surface area contributed by atoms with Crippen LogP contribution in [-0.4, -0.2) is 30.4 Å². The van der Waals surface area contributed by atoms with Crippen LogP contribution in [0.25, 0.3) is 0 Å². The van der Waals surface area contributed by atoms with Gasteiger partial charge < -0.3 is 10.2 Å². The summed E-state index contributed by atoms with van der Waals surface area (Å²) in [6.07, 6.45) is 7.22. The Morgan fingerprint density at radius 1 is 1.18 bits per heavy atom. The molecule has 0 radical (unpaired) electrons. The molecule has 4 nitrogen and oxygen atoms in total. The number of nitrogens with one attached hydrogen (secondary N) is 1. The smallest absolute Gasteiger partial charge is 0.263 e. The van der Waals surface area contributed by atoms with Gasteiger partial charge in [-0.25, -0.2) is 0 Å². The van der Waals surface area contributed by atoms with Crippen molar-refractivity contribution in [2.45, 2.75) is 32.1 Å². The summed E-state index contributed by atoms with van der Waals surface area (Å²) >= 11 is 0. The van der Waals surface area contributed by atoms with Crippen molar-refractivity contribution in [1.82, 2.24) is 10.2 Å². The van der Waals surface area contributed by atoms with Crippen LogP contribution in [0.2, 0.25) is 0 Å². The number of hydrogen-bond acceptors (Lipinski definition) is 3. The third-order valence-corrected chi connectivity index (χ3v) is 3.86. The van der Waals surface area contributed by atoms with E-state index < -0.39 is 0 Å². The van der Waals surface area contributed by atoms with Gasteiger partial charge in [0.05, 0.1) is 0 Å².